The van der Waals surface area contributed by atoms with E-state index in [1.807, 2.05) is 31.2 Å². The van der Waals surface area contributed by atoms with Crippen LogP contribution in [0.2, 0.25) is 0 Å². The minimum Gasteiger partial charge on any atom is -0.497 e. The highest BCUT2D eigenvalue weighted by Gasteiger charge is 2.41. The summed E-state index contributed by atoms with van der Waals surface area (Å²) in [5.74, 6) is 1.86. The number of rotatable bonds is 6. The summed E-state index contributed by atoms with van der Waals surface area (Å²) in [5.41, 5.74) is 1.08. The van der Waals surface area contributed by atoms with Gasteiger partial charge in [-0.25, -0.2) is 8.42 Å². The highest BCUT2D eigenvalue weighted by atomic mass is 32.2. The normalized spacial score (nSPS) is 23.4. The minimum absolute atomic E-state index is 0.205. The van der Waals surface area contributed by atoms with Crippen LogP contribution in [0.1, 0.15) is 31.2 Å². The van der Waals surface area contributed by atoms with Crippen molar-refractivity contribution < 1.29 is 17.6 Å². The predicted octanol–water partition coefficient (Wildman–Crippen LogP) is 1.20. The third kappa shape index (κ3) is 4.10. The van der Waals surface area contributed by atoms with E-state index in [0.717, 1.165) is 11.4 Å². The number of sulfonamides is 1. The largest absolute Gasteiger partial charge is 0.497 e. The molecule has 29 heavy (non-hydrogen) atoms. The van der Waals surface area contributed by atoms with Crippen LogP contribution in [-0.2, 0) is 16.4 Å². The van der Waals surface area contributed by atoms with Crippen molar-refractivity contribution in [3.8, 4) is 5.75 Å². The van der Waals surface area contributed by atoms with Crippen molar-refractivity contribution >= 4 is 15.7 Å². The summed E-state index contributed by atoms with van der Waals surface area (Å²) in [4.78, 5) is 2.20. The van der Waals surface area contributed by atoms with E-state index in [1.165, 1.54) is 0 Å². The molecule has 10 heteroatoms. The standard InChI is InChI=1S/C19H27N5O4S/c1-3-18-21-22-19(28-18)17-12-16(13-20-17)29(25,26)24-10-8-23(9-11-24)14-4-6-15(27-2)7-5-14/h4-7,16-17,20H,3,8-13H2,1-2H3. The SMILES string of the molecule is CCc1nnc(C2CC(S(=O)(=O)N3CCN(c4ccc(OC)cc4)CC3)CN2)o1. The van der Waals surface area contributed by atoms with Gasteiger partial charge in [0, 0.05) is 44.8 Å². The monoisotopic (exact) mass is 421 g/mol. The Morgan fingerprint density at radius 1 is 1.17 bits per heavy atom. The molecule has 0 aliphatic carbocycles. The number of benzene rings is 1. The molecule has 0 amide bonds. The number of piperazine rings is 1. The molecule has 2 aliphatic rings. The van der Waals surface area contributed by atoms with Crippen LogP contribution in [0.15, 0.2) is 28.7 Å². The van der Waals surface area contributed by atoms with E-state index in [4.69, 9.17) is 9.15 Å². The molecule has 0 radical (unpaired) electrons. The Morgan fingerprint density at radius 2 is 1.90 bits per heavy atom. The first-order valence-corrected chi connectivity index (χ1v) is 11.4. The molecule has 0 spiro atoms. The van der Waals surface area contributed by atoms with Gasteiger partial charge in [0.25, 0.3) is 0 Å². The summed E-state index contributed by atoms with van der Waals surface area (Å²) in [5, 5.41) is 10.8. The summed E-state index contributed by atoms with van der Waals surface area (Å²) in [7, 11) is -1.74. The van der Waals surface area contributed by atoms with Crippen molar-refractivity contribution in [2.75, 3.05) is 44.7 Å². The first-order chi connectivity index (χ1) is 14.0. The van der Waals surface area contributed by atoms with Crippen LogP contribution in [0.3, 0.4) is 0 Å². The van der Waals surface area contributed by atoms with Crippen molar-refractivity contribution in [2.45, 2.75) is 31.1 Å². The quantitative estimate of drug-likeness (QED) is 0.743. The van der Waals surface area contributed by atoms with E-state index in [-0.39, 0.29) is 6.04 Å². The van der Waals surface area contributed by atoms with Gasteiger partial charge in [-0.1, -0.05) is 6.92 Å². The minimum atomic E-state index is -3.38. The van der Waals surface area contributed by atoms with E-state index < -0.39 is 15.3 Å². The number of hydrogen-bond acceptors (Lipinski definition) is 8. The molecule has 0 saturated carbocycles. The second kappa shape index (κ2) is 8.29. The van der Waals surface area contributed by atoms with Gasteiger partial charge in [0.1, 0.15) is 5.75 Å². The van der Waals surface area contributed by atoms with Crippen molar-refractivity contribution in [1.29, 1.82) is 0 Å². The number of anilines is 1. The van der Waals surface area contributed by atoms with Crippen LogP contribution in [0.25, 0.3) is 0 Å². The molecule has 3 heterocycles. The molecular formula is C19H27N5O4S. The maximum absolute atomic E-state index is 13.1. The molecule has 158 valence electrons. The molecule has 2 unspecified atom stereocenters. The third-order valence-electron chi connectivity index (χ3n) is 5.63. The lowest BCUT2D eigenvalue weighted by Gasteiger charge is -2.36. The maximum atomic E-state index is 13.1. The van der Waals surface area contributed by atoms with Gasteiger partial charge in [-0.05, 0) is 30.7 Å². The molecule has 1 N–H and O–H groups in total. The van der Waals surface area contributed by atoms with E-state index in [9.17, 15) is 8.42 Å². The van der Waals surface area contributed by atoms with Gasteiger partial charge < -0.3 is 19.4 Å². The lowest BCUT2D eigenvalue weighted by Crippen LogP contribution is -2.51. The van der Waals surface area contributed by atoms with E-state index in [2.05, 4.69) is 20.4 Å². The van der Waals surface area contributed by atoms with Crippen molar-refractivity contribution in [2.24, 2.45) is 0 Å². The van der Waals surface area contributed by atoms with Crippen molar-refractivity contribution in [3.63, 3.8) is 0 Å². The fraction of sp³-hybridized carbons (Fsp3) is 0.579. The lowest BCUT2D eigenvalue weighted by atomic mass is 10.2. The molecule has 1 aromatic heterocycles. The first kappa shape index (κ1) is 20.1. The fourth-order valence-corrected chi connectivity index (χ4v) is 5.71. The van der Waals surface area contributed by atoms with Gasteiger partial charge in [-0.2, -0.15) is 4.31 Å². The number of ether oxygens (including phenoxy) is 1. The second-order valence-corrected chi connectivity index (χ2v) is 9.55. The lowest BCUT2D eigenvalue weighted by molar-refractivity contribution is 0.378. The van der Waals surface area contributed by atoms with Crippen molar-refractivity contribution in [1.82, 2.24) is 19.8 Å². The van der Waals surface area contributed by atoms with E-state index >= 15 is 0 Å². The van der Waals surface area contributed by atoms with Crippen LogP contribution >= 0.6 is 0 Å². The van der Waals surface area contributed by atoms with E-state index in [1.54, 1.807) is 11.4 Å². The summed E-state index contributed by atoms with van der Waals surface area (Å²) >= 11 is 0. The summed E-state index contributed by atoms with van der Waals surface area (Å²) in [6.07, 6.45) is 1.12. The summed E-state index contributed by atoms with van der Waals surface area (Å²) in [6, 6.07) is 7.64. The zero-order valence-corrected chi connectivity index (χ0v) is 17.6. The Bertz CT molecular complexity index is 922. The zero-order valence-electron chi connectivity index (χ0n) is 16.7. The third-order valence-corrected chi connectivity index (χ3v) is 7.92. The van der Waals surface area contributed by atoms with E-state index in [0.29, 0.717) is 57.3 Å². The highest BCUT2D eigenvalue weighted by Crippen LogP contribution is 2.29. The van der Waals surface area contributed by atoms with Gasteiger partial charge in [0.05, 0.1) is 18.4 Å². The maximum Gasteiger partial charge on any atom is 0.233 e. The fourth-order valence-electron chi connectivity index (χ4n) is 3.87. The Morgan fingerprint density at radius 3 is 2.52 bits per heavy atom. The van der Waals surface area contributed by atoms with Crippen LogP contribution in [-0.4, -0.2) is 68.0 Å². The molecule has 2 saturated heterocycles. The molecule has 1 aromatic carbocycles. The summed E-state index contributed by atoms with van der Waals surface area (Å²) < 4.78 is 38.7. The number of aryl methyl sites for hydroxylation is 1. The topological polar surface area (TPSA) is 101 Å². The second-order valence-electron chi connectivity index (χ2n) is 7.34. The average molecular weight is 422 g/mol. The molecule has 2 atom stereocenters. The number of nitrogens with one attached hydrogen (secondary N) is 1. The van der Waals surface area contributed by atoms with Crippen LogP contribution in [0.5, 0.6) is 5.75 Å². The molecule has 0 bridgehead atoms. The molecule has 9 nitrogen and oxygen atoms in total. The van der Waals surface area contributed by atoms with Crippen LogP contribution < -0.4 is 15.0 Å². The van der Waals surface area contributed by atoms with Gasteiger partial charge >= 0.3 is 0 Å². The van der Waals surface area contributed by atoms with Crippen LogP contribution in [0, 0.1) is 0 Å². The van der Waals surface area contributed by atoms with Gasteiger partial charge in [0.2, 0.25) is 21.8 Å². The number of nitrogens with zero attached hydrogens (tertiary/aromatic N) is 4. The number of aromatic nitrogens is 2. The Balaban J connectivity index is 1.36. The highest BCUT2D eigenvalue weighted by molar-refractivity contribution is 7.89. The zero-order chi connectivity index (χ0) is 20.4. The first-order valence-electron chi connectivity index (χ1n) is 9.95. The van der Waals surface area contributed by atoms with Gasteiger partial charge in [-0.15, -0.1) is 10.2 Å². The number of hydrogen-bond donors (Lipinski definition) is 1. The molecule has 4 rings (SSSR count). The number of methoxy groups -OCH3 is 1. The smallest absolute Gasteiger partial charge is 0.233 e. The van der Waals surface area contributed by atoms with Gasteiger partial charge in [0.15, 0.2) is 0 Å². The Hall–Kier alpha value is -2.17. The van der Waals surface area contributed by atoms with Gasteiger partial charge in [-0.3, -0.25) is 0 Å². The predicted molar refractivity (Wildman–Crippen MR) is 109 cm³/mol. The molecule has 2 aliphatic heterocycles. The van der Waals surface area contributed by atoms with Crippen molar-refractivity contribution in [3.05, 3.63) is 36.0 Å². The summed E-state index contributed by atoms with van der Waals surface area (Å²) in [6.45, 7) is 4.64. The Kier molecular flexibility index (Phi) is 5.75. The molecule has 2 aromatic rings. The molecular weight excluding hydrogens is 394 g/mol. The van der Waals surface area contributed by atoms with Crippen LogP contribution in [0.4, 0.5) is 5.69 Å². The molecule has 2 fully saturated rings. The Labute approximate surface area is 171 Å². The average Bonchev–Trinajstić information content (AvgIpc) is 3.43.